The average Bonchev–Trinajstić information content (AvgIpc) is 2.62. The molecule has 0 bridgehead atoms. The van der Waals surface area contributed by atoms with Crippen LogP contribution in [0.3, 0.4) is 0 Å². The van der Waals surface area contributed by atoms with E-state index in [1.54, 1.807) is 17.3 Å². The number of anilines is 1. The topological polar surface area (TPSA) is 36.4 Å². The first kappa shape index (κ1) is 17.0. The van der Waals surface area contributed by atoms with E-state index in [0.717, 1.165) is 24.3 Å². The second-order valence-corrected chi connectivity index (χ2v) is 5.60. The van der Waals surface area contributed by atoms with Crippen molar-refractivity contribution in [3.05, 3.63) is 59.9 Å². The molecule has 1 amide bonds. The smallest absolute Gasteiger partial charge is 0.254 e. The van der Waals surface area contributed by atoms with Gasteiger partial charge in [0.25, 0.3) is 5.91 Å². The highest BCUT2D eigenvalue weighted by Crippen LogP contribution is 2.21. The molecule has 23 heavy (non-hydrogen) atoms. The molecule has 1 atom stereocenters. The zero-order valence-corrected chi connectivity index (χ0v) is 14.4. The summed E-state index contributed by atoms with van der Waals surface area (Å²) in [5, 5.41) is 0. The van der Waals surface area contributed by atoms with Gasteiger partial charge in [0.2, 0.25) is 0 Å². The number of nitrogens with zero attached hydrogens (tertiary/aromatic N) is 3. The summed E-state index contributed by atoms with van der Waals surface area (Å²) in [4.78, 5) is 20.8. The van der Waals surface area contributed by atoms with Gasteiger partial charge in [-0.05, 0) is 56.7 Å². The summed E-state index contributed by atoms with van der Waals surface area (Å²) in [7, 11) is 1.83. The van der Waals surface area contributed by atoms with Gasteiger partial charge in [0.05, 0.1) is 6.04 Å². The molecular weight excluding hydrogens is 286 g/mol. The van der Waals surface area contributed by atoms with Gasteiger partial charge in [0.15, 0.2) is 0 Å². The van der Waals surface area contributed by atoms with Gasteiger partial charge >= 0.3 is 0 Å². The highest BCUT2D eigenvalue weighted by molar-refractivity contribution is 5.94. The molecule has 0 unspecified atom stereocenters. The predicted molar refractivity (Wildman–Crippen MR) is 94.7 cm³/mol. The largest absolute Gasteiger partial charge is 0.372 e. The first-order valence-corrected chi connectivity index (χ1v) is 8.10. The molecule has 0 N–H and O–H groups in total. The Morgan fingerprint density at radius 2 is 1.78 bits per heavy atom. The van der Waals surface area contributed by atoms with Gasteiger partial charge in [-0.1, -0.05) is 6.07 Å². The lowest BCUT2D eigenvalue weighted by Crippen LogP contribution is -2.29. The molecule has 1 aromatic heterocycles. The molecule has 0 aliphatic rings. The molecule has 2 rings (SSSR count). The van der Waals surface area contributed by atoms with Crippen molar-refractivity contribution in [2.45, 2.75) is 26.8 Å². The van der Waals surface area contributed by atoms with Gasteiger partial charge in [0.1, 0.15) is 0 Å². The van der Waals surface area contributed by atoms with E-state index in [-0.39, 0.29) is 11.9 Å². The van der Waals surface area contributed by atoms with Crippen LogP contribution >= 0.6 is 0 Å². The molecule has 0 aliphatic heterocycles. The van der Waals surface area contributed by atoms with Gasteiger partial charge < -0.3 is 9.80 Å². The Balaban J connectivity index is 2.13. The second-order valence-electron chi connectivity index (χ2n) is 5.60. The number of pyridine rings is 1. The number of aromatic nitrogens is 1. The summed E-state index contributed by atoms with van der Waals surface area (Å²) >= 11 is 0. The molecule has 4 nitrogen and oxygen atoms in total. The third kappa shape index (κ3) is 3.89. The minimum absolute atomic E-state index is 0.0151. The first-order valence-electron chi connectivity index (χ1n) is 8.10. The fourth-order valence-corrected chi connectivity index (χ4v) is 2.63. The third-order valence-corrected chi connectivity index (χ3v) is 4.31. The van der Waals surface area contributed by atoms with Crippen LogP contribution in [0.15, 0.2) is 48.8 Å². The molecule has 122 valence electrons. The van der Waals surface area contributed by atoms with E-state index < -0.39 is 0 Å². The highest BCUT2D eigenvalue weighted by atomic mass is 16.2. The second kappa shape index (κ2) is 7.77. The van der Waals surface area contributed by atoms with E-state index in [4.69, 9.17) is 0 Å². The number of rotatable bonds is 6. The molecule has 4 heteroatoms. The van der Waals surface area contributed by atoms with Crippen LogP contribution in [0.2, 0.25) is 0 Å². The van der Waals surface area contributed by atoms with Crippen LogP contribution < -0.4 is 4.90 Å². The van der Waals surface area contributed by atoms with Gasteiger partial charge in [-0.3, -0.25) is 9.78 Å². The number of amides is 1. The molecule has 1 aromatic carbocycles. The van der Waals surface area contributed by atoms with Crippen molar-refractivity contribution in [1.29, 1.82) is 0 Å². The Hall–Kier alpha value is -2.36. The van der Waals surface area contributed by atoms with Crippen LogP contribution in [-0.4, -0.2) is 35.9 Å². The maximum Gasteiger partial charge on any atom is 0.254 e. The van der Waals surface area contributed by atoms with Crippen molar-refractivity contribution in [2.75, 3.05) is 25.0 Å². The normalized spacial score (nSPS) is 11.8. The van der Waals surface area contributed by atoms with Crippen LogP contribution in [0.25, 0.3) is 0 Å². The average molecular weight is 311 g/mol. The quantitative estimate of drug-likeness (QED) is 0.815. The maximum atomic E-state index is 12.7. The van der Waals surface area contributed by atoms with Crippen LogP contribution in [0.5, 0.6) is 0 Å². The van der Waals surface area contributed by atoms with Crippen LogP contribution in [-0.2, 0) is 0 Å². The van der Waals surface area contributed by atoms with Crippen molar-refractivity contribution in [3.63, 3.8) is 0 Å². The predicted octanol–water partition coefficient (Wildman–Crippen LogP) is 3.76. The molecule has 0 fully saturated rings. The van der Waals surface area contributed by atoms with Crippen molar-refractivity contribution in [1.82, 2.24) is 9.88 Å². The fraction of sp³-hybridized carbons (Fsp3) is 0.368. The Bertz CT molecular complexity index is 621. The molecule has 0 saturated heterocycles. The highest BCUT2D eigenvalue weighted by Gasteiger charge is 2.19. The number of hydrogen-bond donors (Lipinski definition) is 0. The lowest BCUT2D eigenvalue weighted by molar-refractivity contribution is 0.0742. The van der Waals surface area contributed by atoms with Crippen molar-refractivity contribution in [3.8, 4) is 0 Å². The Kier molecular flexibility index (Phi) is 5.74. The Morgan fingerprint density at radius 3 is 2.30 bits per heavy atom. The minimum Gasteiger partial charge on any atom is -0.372 e. The monoisotopic (exact) mass is 311 g/mol. The number of carbonyl (C=O) groups is 1. The number of hydrogen-bond acceptors (Lipinski definition) is 3. The van der Waals surface area contributed by atoms with E-state index in [1.165, 1.54) is 0 Å². The summed E-state index contributed by atoms with van der Waals surface area (Å²) in [6, 6.07) is 11.7. The molecule has 0 saturated carbocycles. The first-order chi connectivity index (χ1) is 11.1. The molecule has 0 spiro atoms. The summed E-state index contributed by atoms with van der Waals surface area (Å²) in [5.74, 6) is 0.0208. The Morgan fingerprint density at radius 1 is 1.13 bits per heavy atom. The van der Waals surface area contributed by atoms with Crippen molar-refractivity contribution in [2.24, 2.45) is 0 Å². The van der Waals surface area contributed by atoms with Crippen molar-refractivity contribution < 1.29 is 4.79 Å². The maximum absolute atomic E-state index is 12.7. The van der Waals surface area contributed by atoms with E-state index in [2.05, 4.69) is 23.7 Å². The summed E-state index contributed by atoms with van der Waals surface area (Å²) < 4.78 is 0. The molecule has 0 radical (unpaired) electrons. The SMILES string of the molecule is CCN(CC)c1ccc(C(=O)N(C)[C@H](C)c2cccnc2)cc1. The molecular formula is C19H25N3O. The molecule has 0 aliphatic carbocycles. The lowest BCUT2D eigenvalue weighted by Gasteiger charge is -2.26. The van der Waals surface area contributed by atoms with Gasteiger partial charge in [0, 0.05) is 43.8 Å². The number of benzene rings is 1. The van der Waals surface area contributed by atoms with Gasteiger partial charge in [-0.15, -0.1) is 0 Å². The standard InChI is InChI=1S/C19H25N3O/c1-5-22(6-2)18-11-9-16(10-12-18)19(23)21(4)15(3)17-8-7-13-20-14-17/h7-15H,5-6H2,1-4H3/t15-/m1/s1. The summed E-state index contributed by atoms with van der Waals surface area (Å²) in [6.07, 6.45) is 3.54. The van der Waals surface area contributed by atoms with Crippen LogP contribution in [0.4, 0.5) is 5.69 Å². The summed E-state index contributed by atoms with van der Waals surface area (Å²) in [5.41, 5.74) is 2.89. The van der Waals surface area contributed by atoms with E-state index >= 15 is 0 Å². The van der Waals surface area contributed by atoms with E-state index in [0.29, 0.717) is 5.56 Å². The fourth-order valence-electron chi connectivity index (χ4n) is 2.63. The van der Waals surface area contributed by atoms with E-state index in [9.17, 15) is 4.79 Å². The van der Waals surface area contributed by atoms with Gasteiger partial charge in [-0.25, -0.2) is 0 Å². The Labute approximate surface area is 138 Å². The summed E-state index contributed by atoms with van der Waals surface area (Å²) in [6.45, 7) is 8.19. The lowest BCUT2D eigenvalue weighted by atomic mass is 10.1. The third-order valence-electron chi connectivity index (χ3n) is 4.31. The van der Waals surface area contributed by atoms with E-state index in [1.807, 2.05) is 50.4 Å². The minimum atomic E-state index is -0.0151. The van der Waals surface area contributed by atoms with Crippen LogP contribution in [0, 0.1) is 0 Å². The number of carbonyl (C=O) groups excluding carboxylic acids is 1. The molecule has 1 heterocycles. The van der Waals surface area contributed by atoms with Crippen LogP contribution in [0.1, 0.15) is 42.7 Å². The molecule has 2 aromatic rings. The zero-order valence-electron chi connectivity index (χ0n) is 14.4. The zero-order chi connectivity index (χ0) is 16.8. The van der Waals surface area contributed by atoms with Gasteiger partial charge in [-0.2, -0.15) is 0 Å². The van der Waals surface area contributed by atoms with Crippen molar-refractivity contribution >= 4 is 11.6 Å².